The Kier molecular flexibility index (Phi) is 4.47. The molecule has 7 heteroatoms. The van der Waals surface area contributed by atoms with Crippen molar-refractivity contribution in [3.05, 3.63) is 28.3 Å². The number of hydrogen-bond acceptors (Lipinski definition) is 7. The number of anilines is 1. The summed E-state index contributed by atoms with van der Waals surface area (Å²) in [6, 6.07) is 0. The average molecular weight is 389 g/mol. The Morgan fingerprint density at radius 1 is 1.35 bits per heavy atom. The molecule has 0 amide bonds. The van der Waals surface area contributed by atoms with Crippen molar-refractivity contribution in [1.82, 2.24) is 15.0 Å². The van der Waals surface area contributed by atoms with E-state index in [0.717, 1.165) is 28.8 Å². The highest BCUT2D eigenvalue weighted by atomic mass is 32.2. The molecular weight excluding hydrogens is 364 g/mol. The number of rotatable bonds is 3. The van der Waals surface area contributed by atoms with Crippen LogP contribution in [0.1, 0.15) is 49.3 Å². The minimum Gasteiger partial charge on any atom is -0.445 e. The molecule has 0 aliphatic heterocycles. The fraction of sp³-hybridized carbons (Fsp3) is 0.526. The average Bonchev–Trinajstić information content (AvgIpc) is 3.14. The van der Waals surface area contributed by atoms with Crippen LogP contribution in [0.15, 0.2) is 15.8 Å². The molecule has 0 fully saturated rings. The lowest BCUT2D eigenvalue weighted by molar-refractivity contribution is 0.218. The van der Waals surface area contributed by atoms with Crippen molar-refractivity contribution in [3.8, 4) is 0 Å². The molecule has 1 atom stereocenters. The number of hydrogen-bond donors (Lipinski definition) is 1. The van der Waals surface area contributed by atoms with E-state index in [0.29, 0.717) is 34.0 Å². The van der Waals surface area contributed by atoms with E-state index >= 15 is 0 Å². The Labute approximate surface area is 161 Å². The molecule has 0 bridgehead atoms. The van der Waals surface area contributed by atoms with Gasteiger partial charge in [0.25, 0.3) is 0 Å². The zero-order valence-corrected chi connectivity index (χ0v) is 17.3. The van der Waals surface area contributed by atoms with Gasteiger partial charge in [0.1, 0.15) is 16.4 Å². The van der Waals surface area contributed by atoms with Crippen LogP contribution in [0.4, 0.5) is 5.82 Å². The van der Waals surface area contributed by atoms with Crippen molar-refractivity contribution < 1.29 is 4.42 Å². The summed E-state index contributed by atoms with van der Waals surface area (Å²) in [7, 11) is 0. The molecule has 3 heterocycles. The van der Waals surface area contributed by atoms with Gasteiger partial charge in [-0.05, 0) is 43.1 Å². The summed E-state index contributed by atoms with van der Waals surface area (Å²) < 4.78 is 5.52. The molecule has 138 valence electrons. The second-order valence-corrected chi connectivity index (χ2v) is 10.1. The van der Waals surface area contributed by atoms with Gasteiger partial charge in [0.15, 0.2) is 5.16 Å². The molecule has 2 N–H and O–H groups in total. The van der Waals surface area contributed by atoms with Crippen molar-refractivity contribution in [2.24, 2.45) is 11.3 Å². The summed E-state index contributed by atoms with van der Waals surface area (Å²) in [5.41, 5.74) is 8.03. The van der Waals surface area contributed by atoms with E-state index in [1.807, 2.05) is 6.92 Å². The van der Waals surface area contributed by atoms with Crippen LogP contribution < -0.4 is 5.73 Å². The van der Waals surface area contributed by atoms with E-state index in [1.165, 1.54) is 28.6 Å². The van der Waals surface area contributed by atoms with Crippen LogP contribution in [-0.2, 0) is 18.6 Å². The number of thiophene rings is 1. The van der Waals surface area contributed by atoms with Crippen molar-refractivity contribution in [2.75, 3.05) is 5.73 Å². The second kappa shape index (κ2) is 6.53. The Balaban J connectivity index is 1.62. The molecule has 0 radical (unpaired) electrons. The van der Waals surface area contributed by atoms with E-state index in [2.05, 4.69) is 30.7 Å². The molecule has 1 unspecified atom stereocenters. The first kappa shape index (κ1) is 17.8. The summed E-state index contributed by atoms with van der Waals surface area (Å²) in [5, 5.41) is 1.77. The summed E-state index contributed by atoms with van der Waals surface area (Å²) in [4.78, 5) is 16.0. The Morgan fingerprint density at radius 2 is 2.15 bits per heavy atom. The lowest BCUT2D eigenvalue weighted by atomic mass is 9.72. The molecular formula is C19H24N4OS2. The van der Waals surface area contributed by atoms with Crippen LogP contribution in [0.5, 0.6) is 0 Å². The van der Waals surface area contributed by atoms with Gasteiger partial charge in [-0.1, -0.05) is 32.5 Å². The molecule has 0 saturated carbocycles. The van der Waals surface area contributed by atoms with E-state index in [4.69, 9.17) is 15.1 Å². The van der Waals surface area contributed by atoms with Crippen molar-refractivity contribution in [1.29, 1.82) is 0 Å². The number of aryl methyl sites for hydroxylation is 2. The van der Waals surface area contributed by atoms with Crippen molar-refractivity contribution in [3.63, 3.8) is 0 Å². The smallest absolute Gasteiger partial charge is 0.204 e. The lowest BCUT2D eigenvalue weighted by Gasteiger charge is -2.33. The Bertz CT molecular complexity index is 954. The molecule has 1 aliphatic carbocycles. The van der Waals surface area contributed by atoms with Gasteiger partial charge in [-0.2, -0.15) is 0 Å². The fourth-order valence-corrected chi connectivity index (χ4v) is 5.65. The van der Waals surface area contributed by atoms with E-state index in [9.17, 15) is 0 Å². The van der Waals surface area contributed by atoms with Crippen LogP contribution in [-0.4, -0.2) is 15.0 Å². The second-order valence-electron chi connectivity index (χ2n) is 8.03. The van der Waals surface area contributed by atoms with Gasteiger partial charge < -0.3 is 10.2 Å². The summed E-state index contributed by atoms with van der Waals surface area (Å²) in [6.45, 7) is 8.90. The number of thioether (sulfide) groups is 1. The highest BCUT2D eigenvalue weighted by Gasteiger charge is 2.31. The molecule has 0 aromatic carbocycles. The number of fused-ring (bicyclic) bond motifs is 3. The van der Waals surface area contributed by atoms with E-state index in [1.54, 1.807) is 17.5 Å². The molecule has 5 nitrogen and oxygen atoms in total. The third kappa shape index (κ3) is 3.34. The molecule has 3 aromatic rings. The number of nitrogens with zero attached hydrogens (tertiary/aromatic N) is 3. The molecule has 3 aromatic heterocycles. The van der Waals surface area contributed by atoms with Crippen LogP contribution in [0.2, 0.25) is 0 Å². The molecule has 4 rings (SSSR count). The standard InChI is InChI=1S/C19H24N4OS2/c1-10-8-21-14(24-10)9-25-18-22-16(20)15-12-6-5-11(19(2,3)4)7-13(12)26-17(15)23-18/h8,11H,5-7,9H2,1-4H3,(H2,20,22,23). The summed E-state index contributed by atoms with van der Waals surface area (Å²) in [5.74, 6) is 3.42. The number of nitrogens with two attached hydrogens (primary N) is 1. The minimum atomic E-state index is 0.334. The zero-order valence-electron chi connectivity index (χ0n) is 15.6. The predicted octanol–water partition coefficient (Wildman–Crippen LogP) is 5.01. The summed E-state index contributed by atoms with van der Waals surface area (Å²) >= 11 is 3.30. The lowest BCUT2D eigenvalue weighted by Crippen LogP contribution is -2.26. The van der Waals surface area contributed by atoms with Gasteiger partial charge in [-0.15, -0.1) is 11.3 Å². The van der Waals surface area contributed by atoms with Gasteiger partial charge in [0.2, 0.25) is 5.89 Å². The highest BCUT2D eigenvalue weighted by molar-refractivity contribution is 7.98. The first-order valence-corrected chi connectivity index (χ1v) is 10.7. The van der Waals surface area contributed by atoms with Gasteiger partial charge in [0, 0.05) is 4.88 Å². The van der Waals surface area contributed by atoms with Gasteiger partial charge in [-0.3, -0.25) is 0 Å². The maximum Gasteiger partial charge on any atom is 0.204 e. The molecule has 26 heavy (non-hydrogen) atoms. The van der Waals surface area contributed by atoms with E-state index < -0.39 is 0 Å². The number of nitrogen functional groups attached to an aromatic ring is 1. The Hall–Kier alpha value is -1.60. The minimum absolute atomic E-state index is 0.334. The van der Waals surface area contributed by atoms with Crippen molar-refractivity contribution >= 4 is 39.1 Å². The fourth-order valence-electron chi connectivity index (χ4n) is 3.58. The topological polar surface area (TPSA) is 77.8 Å². The first-order chi connectivity index (χ1) is 12.3. The first-order valence-electron chi connectivity index (χ1n) is 8.93. The largest absolute Gasteiger partial charge is 0.445 e. The van der Waals surface area contributed by atoms with Gasteiger partial charge in [0.05, 0.1) is 17.3 Å². The van der Waals surface area contributed by atoms with Crippen LogP contribution in [0, 0.1) is 18.3 Å². The third-order valence-corrected chi connectivity index (χ3v) is 7.12. The monoisotopic (exact) mass is 388 g/mol. The zero-order chi connectivity index (χ0) is 18.5. The Morgan fingerprint density at radius 3 is 2.85 bits per heavy atom. The van der Waals surface area contributed by atoms with Gasteiger partial charge in [-0.25, -0.2) is 15.0 Å². The van der Waals surface area contributed by atoms with Crippen LogP contribution in [0.3, 0.4) is 0 Å². The van der Waals surface area contributed by atoms with E-state index in [-0.39, 0.29) is 0 Å². The number of oxazole rings is 1. The molecule has 0 spiro atoms. The quantitative estimate of drug-likeness (QED) is 0.502. The van der Waals surface area contributed by atoms with Gasteiger partial charge >= 0.3 is 0 Å². The normalized spacial score (nSPS) is 17.6. The van der Waals surface area contributed by atoms with Crippen LogP contribution in [0.25, 0.3) is 10.2 Å². The third-order valence-electron chi connectivity index (χ3n) is 5.13. The maximum atomic E-state index is 6.32. The van der Waals surface area contributed by atoms with Crippen LogP contribution >= 0.6 is 23.1 Å². The highest BCUT2D eigenvalue weighted by Crippen LogP contribution is 2.44. The summed E-state index contributed by atoms with van der Waals surface area (Å²) in [6.07, 6.45) is 5.14. The molecule has 0 saturated heterocycles. The maximum absolute atomic E-state index is 6.32. The molecule has 1 aliphatic rings. The van der Waals surface area contributed by atoms with Crippen molar-refractivity contribution in [2.45, 2.75) is 57.9 Å². The number of aromatic nitrogens is 3. The predicted molar refractivity (Wildman–Crippen MR) is 108 cm³/mol. The SMILES string of the molecule is Cc1cnc(CSc2nc(N)c3c4c(sc3n2)CC(C(C)(C)C)CC4)o1.